The first-order valence-corrected chi connectivity index (χ1v) is 9.00. The van der Waals surface area contributed by atoms with Crippen molar-refractivity contribution in [2.45, 2.75) is 0 Å². The van der Waals surface area contributed by atoms with Crippen LogP contribution in [-0.4, -0.2) is 27.1 Å². The van der Waals surface area contributed by atoms with Gasteiger partial charge in [-0.3, -0.25) is 9.59 Å². The van der Waals surface area contributed by atoms with Gasteiger partial charge in [-0.15, -0.1) is 5.10 Å². The number of amides is 1. The smallest absolute Gasteiger partial charge is 0.291 e. The number of carbonyl (C=O) groups is 1. The molecule has 0 radical (unpaired) electrons. The van der Waals surface area contributed by atoms with E-state index in [1.165, 1.54) is 28.0 Å². The van der Waals surface area contributed by atoms with Gasteiger partial charge in [0.2, 0.25) is 4.96 Å². The van der Waals surface area contributed by atoms with E-state index >= 15 is 0 Å². The number of aromatic nitrogens is 3. The van der Waals surface area contributed by atoms with Gasteiger partial charge >= 0.3 is 0 Å². The minimum Gasteiger partial charge on any atom is -0.484 e. The van der Waals surface area contributed by atoms with Crippen molar-refractivity contribution in [2.75, 3.05) is 6.61 Å². The van der Waals surface area contributed by atoms with Gasteiger partial charge in [-0.2, -0.15) is 9.50 Å². The Kier molecular flexibility index (Phi) is 4.58. The topological polar surface area (TPSA) is 99.6 Å². The fourth-order valence-corrected chi connectivity index (χ4v) is 3.43. The summed E-state index contributed by atoms with van der Waals surface area (Å²) in [7, 11) is 0. The van der Waals surface area contributed by atoms with E-state index in [9.17, 15) is 14.0 Å². The number of primary amides is 1. The zero-order valence-electron chi connectivity index (χ0n) is 14.3. The average Bonchev–Trinajstić information content (AvgIpc) is 3.22. The van der Waals surface area contributed by atoms with Crippen molar-refractivity contribution in [2.24, 2.45) is 5.73 Å². The van der Waals surface area contributed by atoms with Crippen molar-refractivity contribution in [1.82, 2.24) is 14.6 Å². The number of carbonyl (C=O) groups excluding carboxylic acids is 1. The summed E-state index contributed by atoms with van der Waals surface area (Å²) >= 11 is 1.21. The first-order valence-electron chi connectivity index (χ1n) is 8.18. The minimum absolute atomic E-state index is 0.196. The van der Waals surface area contributed by atoms with Gasteiger partial charge in [0.05, 0.1) is 4.53 Å². The molecule has 0 aliphatic heterocycles. The van der Waals surface area contributed by atoms with Crippen molar-refractivity contribution >= 4 is 28.3 Å². The number of fused-ring (bicyclic) bond motifs is 1. The molecule has 0 bridgehead atoms. The van der Waals surface area contributed by atoms with E-state index in [1.54, 1.807) is 42.5 Å². The van der Waals surface area contributed by atoms with Crippen molar-refractivity contribution in [3.8, 4) is 17.1 Å². The molecule has 0 fully saturated rings. The highest BCUT2D eigenvalue weighted by Crippen LogP contribution is 2.17. The van der Waals surface area contributed by atoms with Gasteiger partial charge in [-0.1, -0.05) is 23.5 Å². The summed E-state index contributed by atoms with van der Waals surface area (Å²) in [6.07, 6.45) is 1.72. The summed E-state index contributed by atoms with van der Waals surface area (Å²) in [5.74, 6) is -0.0333. The highest BCUT2D eigenvalue weighted by atomic mass is 32.1. The monoisotopic (exact) mass is 396 g/mol. The Morgan fingerprint density at radius 2 is 1.89 bits per heavy atom. The molecule has 0 atom stereocenters. The Morgan fingerprint density at radius 3 is 2.54 bits per heavy atom. The molecule has 2 aromatic heterocycles. The number of halogens is 1. The third-order valence-electron chi connectivity index (χ3n) is 3.84. The van der Waals surface area contributed by atoms with E-state index in [0.717, 1.165) is 5.56 Å². The molecule has 1 amide bonds. The maximum absolute atomic E-state index is 13.0. The average molecular weight is 396 g/mol. The molecule has 7 nitrogen and oxygen atoms in total. The van der Waals surface area contributed by atoms with Crippen molar-refractivity contribution in [1.29, 1.82) is 0 Å². The summed E-state index contributed by atoms with van der Waals surface area (Å²) in [4.78, 5) is 28.1. The molecule has 2 aromatic carbocycles. The van der Waals surface area contributed by atoms with Crippen LogP contribution in [0.2, 0.25) is 0 Å². The number of rotatable bonds is 5. The molecule has 0 saturated carbocycles. The van der Waals surface area contributed by atoms with Crippen molar-refractivity contribution in [3.63, 3.8) is 0 Å². The van der Waals surface area contributed by atoms with E-state index in [0.29, 0.717) is 26.6 Å². The first kappa shape index (κ1) is 17.8. The number of nitrogens with two attached hydrogens (primary N) is 1. The second-order valence-electron chi connectivity index (χ2n) is 5.88. The second-order valence-corrected chi connectivity index (χ2v) is 6.89. The lowest BCUT2D eigenvalue weighted by atomic mass is 10.2. The van der Waals surface area contributed by atoms with Crippen LogP contribution >= 0.6 is 11.3 Å². The van der Waals surface area contributed by atoms with Gasteiger partial charge in [0.25, 0.3) is 11.5 Å². The SMILES string of the molecule is NC(=O)COc1ccc(C=c2sc3nc(-c4ccc(F)cc4)nn3c2=O)cc1. The van der Waals surface area contributed by atoms with Crippen LogP contribution in [-0.2, 0) is 4.79 Å². The Labute approximate surface area is 161 Å². The maximum atomic E-state index is 13.0. The molecule has 4 aromatic rings. The normalized spacial score (nSPS) is 11.8. The summed E-state index contributed by atoms with van der Waals surface area (Å²) in [6, 6.07) is 12.6. The highest BCUT2D eigenvalue weighted by molar-refractivity contribution is 7.15. The first-order chi connectivity index (χ1) is 13.5. The predicted octanol–water partition coefficient (Wildman–Crippen LogP) is 1.37. The van der Waals surface area contributed by atoms with Crippen LogP contribution in [0.3, 0.4) is 0 Å². The number of hydrogen-bond acceptors (Lipinski definition) is 6. The van der Waals surface area contributed by atoms with Gasteiger partial charge in [0.15, 0.2) is 12.4 Å². The molecular weight excluding hydrogens is 383 g/mol. The van der Waals surface area contributed by atoms with E-state index in [2.05, 4.69) is 10.1 Å². The van der Waals surface area contributed by atoms with Gasteiger partial charge in [-0.05, 0) is 48.0 Å². The number of hydrogen-bond donors (Lipinski definition) is 1. The number of thiazole rings is 1. The molecule has 2 heterocycles. The van der Waals surface area contributed by atoms with Crippen LogP contribution in [0.1, 0.15) is 5.56 Å². The molecule has 0 saturated heterocycles. The zero-order valence-corrected chi connectivity index (χ0v) is 15.1. The molecule has 9 heteroatoms. The molecule has 140 valence electrons. The fraction of sp³-hybridized carbons (Fsp3) is 0.0526. The zero-order chi connectivity index (χ0) is 19.7. The van der Waals surface area contributed by atoms with Gasteiger partial charge in [0, 0.05) is 5.56 Å². The number of ether oxygens (including phenoxy) is 1. The third-order valence-corrected chi connectivity index (χ3v) is 4.80. The van der Waals surface area contributed by atoms with Crippen LogP contribution in [0.25, 0.3) is 22.4 Å². The maximum Gasteiger partial charge on any atom is 0.291 e. The van der Waals surface area contributed by atoms with Gasteiger partial charge < -0.3 is 10.5 Å². The fourth-order valence-electron chi connectivity index (χ4n) is 2.52. The Balaban J connectivity index is 1.63. The number of nitrogens with zero attached hydrogens (tertiary/aromatic N) is 3. The summed E-state index contributed by atoms with van der Waals surface area (Å²) < 4.78 is 20.0. The molecule has 0 aliphatic rings. The molecular formula is C19H13FN4O3S. The molecule has 28 heavy (non-hydrogen) atoms. The summed E-state index contributed by atoms with van der Waals surface area (Å²) in [5, 5.41) is 4.23. The van der Waals surface area contributed by atoms with E-state index in [1.807, 2.05) is 0 Å². The quantitative estimate of drug-likeness (QED) is 0.549. The van der Waals surface area contributed by atoms with Crippen LogP contribution in [0, 0.1) is 5.82 Å². The van der Waals surface area contributed by atoms with Crippen molar-refractivity contribution < 1.29 is 13.9 Å². The Bertz CT molecular complexity index is 1260. The molecule has 0 spiro atoms. The van der Waals surface area contributed by atoms with Gasteiger partial charge in [-0.25, -0.2) is 4.39 Å². The summed E-state index contributed by atoms with van der Waals surface area (Å²) in [5.41, 5.74) is 6.17. The van der Waals surface area contributed by atoms with Gasteiger partial charge in [0.1, 0.15) is 11.6 Å². The molecule has 2 N–H and O–H groups in total. The van der Waals surface area contributed by atoms with Crippen molar-refractivity contribution in [3.05, 3.63) is 74.8 Å². The largest absolute Gasteiger partial charge is 0.484 e. The predicted molar refractivity (Wildman–Crippen MR) is 102 cm³/mol. The Hall–Kier alpha value is -3.59. The number of benzene rings is 2. The van der Waals surface area contributed by atoms with E-state index in [4.69, 9.17) is 10.5 Å². The second kappa shape index (κ2) is 7.20. The summed E-state index contributed by atoms with van der Waals surface area (Å²) in [6.45, 7) is -0.196. The Morgan fingerprint density at radius 1 is 1.18 bits per heavy atom. The van der Waals surface area contributed by atoms with Crippen LogP contribution in [0.15, 0.2) is 53.3 Å². The molecule has 0 unspecified atom stereocenters. The lowest BCUT2D eigenvalue weighted by Crippen LogP contribution is -2.23. The third kappa shape index (κ3) is 3.60. The van der Waals surface area contributed by atoms with Crippen LogP contribution in [0.5, 0.6) is 5.75 Å². The molecule has 4 rings (SSSR count). The lowest BCUT2D eigenvalue weighted by Gasteiger charge is -2.03. The standard InChI is InChI=1S/C19H13FN4O3S/c20-13-5-3-12(4-6-13)17-22-19-24(23-17)18(26)15(28-19)9-11-1-7-14(8-2-11)27-10-16(21)25/h1-9H,10H2,(H2,21,25). The van der Waals surface area contributed by atoms with E-state index in [-0.39, 0.29) is 18.0 Å². The van der Waals surface area contributed by atoms with E-state index < -0.39 is 5.91 Å². The van der Waals surface area contributed by atoms with Crippen LogP contribution < -0.4 is 20.6 Å². The highest BCUT2D eigenvalue weighted by Gasteiger charge is 2.12. The molecule has 0 aliphatic carbocycles. The minimum atomic E-state index is -0.555. The lowest BCUT2D eigenvalue weighted by molar-refractivity contribution is -0.119. The van der Waals surface area contributed by atoms with Crippen LogP contribution in [0.4, 0.5) is 4.39 Å².